The molecule has 6 heterocycles. The topological polar surface area (TPSA) is 83.3 Å². The van der Waals surface area contributed by atoms with Gasteiger partial charge in [-0.15, -0.1) is 0 Å². The van der Waals surface area contributed by atoms with Crippen molar-refractivity contribution in [1.82, 2.24) is 24.8 Å². The highest BCUT2D eigenvalue weighted by Crippen LogP contribution is 2.36. The number of furan rings is 1. The zero-order valence-electron chi connectivity index (χ0n) is 20.2. The van der Waals surface area contributed by atoms with E-state index in [1.165, 1.54) is 0 Å². The second-order valence-corrected chi connectivity index (χ2v) is 9.82. The number of rotatable bonds is 4. The largest absolute Gasteiger partial charge is 0.432 e. The van der Waals surface area contributed by atoms with Gasteiger partial charge < -0.3 is 19.0 Å². The van der Waals surface area contributed by atoms with Crippen LogP contribution in [0.3, 0.4) is 0 Å². The number of fused-ring (bicyclic) bond motifs is 4. The number of alkyl halides is 2. The number of nitrogens with one attached hydrogen (secondary N) is 1. The third kappa shape index (κ3) is 4.10. The van der Waals surface area contributed by atoms with E-state index in [2.05, 4.69) is 19.8 Å². The lowest BCUT2D eigenvalue weighted by molar-refractivity contribution is -0.0566. The number of pyridine rings is 1. The zero-order chi connectivity index (χ0) is 25.0. The third-order valence-corrected chi connectivity index (χ3v) is 7.35. The number of nitrogens with zero attached hydrogens (tertiary/aromatic N) is 5. The first-order chi connectivity index (χ1) is 18.0. The second kappa shape index (κ2) is 8.74. The van der Waals surface area contributed by atoms with Crippen molar-refractivity contribution >= 4 is 38.9 Å². The summed E-state index contributed by atoms with van der Waals surface area (Å²) in [6, 6.07) is 10.1. The van der Waals surface area contributed by atoms with Crippen LogP contribution in [0.1, 0.15) is 18.4 Å². The van der Waals surface area contributed by atoms with Gasteiger partial charge in [0.25, 0.3) is 5.92 Å². The van der Waals surface area contributed by atoms with E-state index in [1.54, 1.807) is 6.20 Å². The highest BCUT2D eigenvalue weighted by atomic mass is 19.3. The minimum absolute atomic E-state index is 0.110. The predicted molar refractivity (Wildman–Crippen MR) is 137 cm³/mol. The van der Waals surface area contributed by atoms with E-state index in [9.17, 15) is 8.78 Å². The number of benzene rings is 1. The average molecular weight is 505 g/mol. The maximum atomic E-state index is 13.6. The number of piperidine rings is 1. The quantitative estimate of drug-likeness (QED) is 0.369. The van der Waals surface area contributed by atoms with E-state index in [0.717, 1.165) is 33.2 Å². The first-order valence-corrected chi connectivity index (χ1v) is 12.6. The normalized spacial score (nSPS) is 18.8. The smallest absolute Gasteiger partial charge is 0.250 e. The number of likely N-dealkylation sites (tertiary alicyclic amines) is 1. The summed E-state index contributed by atoms with van der Waals surface area (Å²) in [4.78, 5) is 22.1. The molecule has 0 aliphatic carbocycles. The fourth-order valence-corrected chi connectivity index (χ4v) is 5.33. The molecule has 5 aromatic rings. The number of aromatic amines is 1. The Kier molecular flexibility index (Phi) is 5.33. The molecule has 1 aromatic carbocycles. The molecule has 4 aromatic heterocycles. The first kappa shape index (κ1) is 22.6. The molecule has 0 amide bonds. The Balaban J connectivity index is 1.35. The van der Waals surface area contributed by atoms with Gasteiger partial charge in [-0.2, -0.15) is 0 Å². The lowest BCUT2D eigenvalue weighted by atomic mass is 10.1. The van der Waals surface area contributed by atoms with Gasteiger partial charge in [0.1, 0.15) is 5.52 Å². The van der Waals surface area contributed by atoms with Gasteiger partial charge in [-0.25, -0.2) is 23.7 Å². The number of ether oxygens (including phenoxy) is 1. The molecule has 2 saturated heterocycles. The van der Waals surface area contributed by atoms with Crippen LogP contribution >= 0.6 is 0 Å². The van der Waals surface area contributed by atoms with Crippen molar-refractivity contribution in [3.05, 3.63) is 48.3 Å². The summed E-state index contributed by atoms with van der Waals surface area (Å²) < 4.78 is 39.1. The molecular formula is C27H26F2N6O2. The van der Waals surface area contributed by atoms with Crippen LogP contribution in [-0.4, -0.2) is 70.2 Å². The van der Waals surface area contributed by atoms with Gasteiger partial charge in [-0.3, -0.25) is 4.90 Å². The molecule has 0 bridgehead atoms. The molecule has 2 fully saturated rings. The van der Waals surface area contributed by atoms with E-state index < -0.39 is 5.92 Å². The van der Waals surface area contributed by atoms with Gasteiger partial charge in [0.05, 0.1) is 18.6 Å². The Morgan fingerprint density at radius 1 is 1.00 bits per heavy atom. The van der Waals surface area contributed by atoms with Crippen molar-refractivity contribution in [1.29, 1.82) is 0 Å². The molecule has 37 heavy (non-hydrogen) atoms. The van der Waals surface area contributed by atoms with E-state index in [-0.39, 0.29) is 12.8 Å². The van der Waals surface area contributed by atoms with E-state index in [1.807, 2.05) is 36.5 Å². The van der Waals surface area contributed by atoms with Crippen molar-refractivity contribution in [2.75, 3.05) is 44.3 Å². The van der Waals surface area contributed by atoms with Gasteiger partial charge in [-0.1, -0.05) is 12.1 Å². The summed E-state index contributed by atoms with van der Waals surface area (Å²) >= 11 is 0. The molecule has 10 heteroatoms. The lowest BCUT2D eigenvalue weighted by Crippen LogP contribution is -2.38. The van der Waals surface area contributed by atoms with Crippen LogP contribution in [0, 0.1) is 0 Å². The van der Waals surface area contributed by atoms with E-state index >= 15 is 0 Å². The maximum absolute atomic E-state index is 13.6. The molecule has 0 spiro atoms. The minimum Gasteiger partial charge on any atom is -0.432 e. The number of morpholine rings is 1. The number of hydrogen-bond acceptors (Lipinski definition) is 7. The molecule has 0 atom stereocenters. The molecule has 8 nitrogen and oxygen atoms in total. The second-order valence-electron chi connectivity index (χ2n) is 9.82. The summed E-state index contributed by atoms with van der Waals surface area (Å²) in [7, 11) is 0. The highest BCUT2D eigenvalue weighted by molar-refractivity contribution is 6.06. The molecule has 0 saturated carbocycles. The van der Waals surface area contributed by atoms with Crippen LogP contribution < -0.4 is 4.90 Å². The molecule has 7 rings (SSSR count). The SMILES string of the molecule is FC1(F)CCN(Cc2cnc3oc4c(N5CCOCC5)nc(-c5cccc6[nH]ccc56)nc4c3c2)CC1. The monoisotopic (exact) mass is 504 g/mol. The van der Waals surface area contributed by atoms with Crippen LogP contribution in [-0.2, 0) is 11.3 Å². The van der Waals surface area contributed by atoms with Crippen molar-refractivity contribution in [3.8, 4) is 11.4 Å². The van der Waals surface area contributed by atoms with Crippen molar-refractivity contribution < 1.29 is 17.9 Å². The summed E-state index contributed by atoms with van der Waals surface area (Å²) in [6.45, 7) is 3.93. The molecule has 1 N–H and O–H groups in total. The van der Waals surface area contributed by atoms with E-state index in [0.29, 0.717) is 68.6 Å². The number of aromatic nitrogens is 4. The Hall–Kier alpha value is -3.63. The average Bonchev–Trinajstić information content (AvgIpc) is 3.54. The third-order valence-electron chi connectivity index (χ3n) is 7.35. The van der Waals surface area contributed by atoms with Crippen molar-refractivity contribution in [2.24, 2.45) is 0 Å². The number of anilines is 1. The van der Waals surface area contributed by atoms with Gasteiger partial charge in [-0.05, 0) is 23.8 Å². The fourth-order valence-electron chi connectivity index (χ4n) is 5.33. The molecule has 2 aliphatic heterocycles. The summed E-state index contributed by atoms with van der Waals surface area (Å²) in [5.41, 5.74) is 4.69. The predicted octanol–water partition coefficient (Wildman–Crippen LogP) is 4.99. The number of H-pyrrole nitrogens is 1. The van der Waals surface area contributed by atoms with Gasteiger partial charge in [0.2, 0.25) is 5.71 Å². The van der Waals surface area contributed by atoms with Crippen LogP contribution in [0.4, 0.5) is 14.6 Å². The number of halogens is 2. The van der Waals surface area contributed by atoms with Crippen molar-refractivity contribution in [3.63, 3.8) is 0 Å². The van der Waals surface area contributed by atoms with Crippen molar-refractivity contribution in [2.45, 2.75) is 25.3 Å². The first-order valence-electron chi connectivity index (χ1n) is 12.6. The van der Waals surface area contributed by atoms with Crippen LogP contribution in [0.25, 0.3) is 44.5 Å². The van der Waals surface area contributed by atoms with Crippen LogP contribution in [0.2, 0.25) is 0 Å². The molecule has 0 radical (unpaired) electrons. The summed E-state index contributed by atoms with van der Waals surface area (Å²) in [6.07, 6.45) is 3.46. The van der Waals surface area contributed by atoms with Gasteiger partial charge in [0, 0.05) is 74.4 Å². The van der Waals surface area contributed by atoms with Crippen LogP contribution in [0.5, 0.6) is 0 Å². The van der Waals surface area contributed by atoms with Crippen LogP contribution in [0.15, 0.2) is 47.1 Å². The minimum atomic E-state index is -2.56. The zero-order valence-corrected chi connectivity index (χ0v) is 20.2. The maximum Gasteiger partial charge on any atom is 0.250 e. The van der Waals surface area contributed by atoms with E-state index in [4.69, 9.17) is 19.1 Å². The molecule has 0 unspecified atom stereocenters. The highest BCUT2D eigenvalue weighted by Gasteiger charge is 2.34. The van der Waals surface area contributed by atoms with Gasteiger partial charge >= 0.3 is 0 Å². The molecule has 190 valence electrons. The molecule has 2 aliphatic rings. The Morgan fingerprint density at radius 3 is 2.68 bits per heavy atom. The Bertz CT molecular complexity index is 1600. The Morgan fingerprint density at radius 2 is 1.84 bits per heavy atom. The van der Waals surface area contributed by atoms with Gasteiger partial charge in [0.15, 0.2) is 17.2 Å². The summed E-state index contributed by atoms with van der Waals surface area (Å²) in [5.74, 6) is -1.22. The lowest BCUT2D eigenvalue weighted by Gasteiger charge is -2.31. The summed E-state index contributed by atoms with van der Waals surface area (Å²) in [5, 5.41) is 1.84. The number of hydrogen-bond donors (Lipinski definition) is 1. The fraction of sp³-hybridized carbons (Fsp3) is 0.370. The molecular weight excluding hydrogens is 478 g/mol. The standard InChI is InChI=1S/C27H26F2N6O2/c28-27(29)5-8-34(9-6-27)16-17-14-20-22-23(37-26(20)31-15-17)25(35-10-12-36-13-11-35)33-24(32-22)19-2-1-3-21-18(19)4-7-30-21/h1-4,7,14-15,30H,5-6,8-13,16H2. The Labute approximate surface area is 211 Å².